The minimum atomic E-state index is -0.788. The first-order valence-electron chi connectivity index (χ1n) is 7.17. The first-order valence-corrected chi connectivity index (χ1v) is 7.17. The molecule has 0 aliphatic rings. The van der Waals surface area contributed by atoms with E-state index in [9.17, 15) is 4.79 Å². The van der Waals surface area contributed by atoms with Crippen LogP contribution in [0.15, 0.2) is 0 Å². The van der Waals surface area contributed by atoms with Crippen molar-refractivity contribution >= 4 is 5.97 Å². The van der Waals surface area contributed by atoms with Crippen molar-refractivity contribution in [3.8, 4) is 23.7 Å². The van der Waals surface area contributed by atoms with E-state index in [1.807, 2.05) is 13.8 Å². The van der Waals surface area contributed by atoms with Crippen LogP contribution in [0.5, 0.6) is 0 Å². The van der Waals surface area contributed by atoms with Gasteiger partial charge >= 0.3 is 5.97 Å². The van der Waals surface area contributed by atoms with E-state index in [1.165, 1.54) is 19.3 Å². The summed E-state index contributed by atoms with van der Waals surface area (Å²) in [6.07, 6.45) is 6.05. The zero-order chi connectivity index (χ0) is 14.6. The van der Waals surface area contributed by atoms with Crippen LogP contribution >= 0.6 is 0 Å². The Kier molecular flexibility index (Phi) is 9.73. The van der Waals surface area contributed by atoms with Crippen LogP contribution in [0.2, 0.25) is 0 Å². The number of carbonyl (C=O) groups is 1. The van der Waals surface area contributed by atoms with Gasteiger partial charge in [0.2, 0.25) is 0 Å². The summed E-state index contributed by atoms with van der Waals surface area (Å²) in [5.41, 5.74) is -0.788. The lowest BCUT2D eigenvalue weighted by atomic mass is 9.87. The summed E-state index contributed by atoms with van der Waals surface area (Å²) < 4.78 is 5.09. The molecule has 0 amide bonds. The molecule has 19 heavy (non-hydrogen) atoms. The molecule has 0 aliphatic heterocycles. The summed E-state index contributed by atoms with van der Waals surface area (Å²) in [7, 11) is 0. The van der Waals surface area contributed by atoms with Crippen molar-refractivity contribution in [3.63, 3.8) is 0 Å². The average Bonchev–Trinajstić information content (AvgIpc) is 2.40. The average molecular weight is 262 g/mol. The van der Waals surface area contributed by atoms with E-state index in [2.05, 4.69) is 30.6 Å². The fourth-order valence-corrected chi connectivity index (χ4v) is 1.62. The third kappa shape index (κ3) is 7.58. The Hall–Kier alpha value is -1.41. The summed E-state index contributed by atoms with van der Waals surface area (Å²) in [4.78, 5) is 11.9. The number of rotatable bonds is 7. The van der Waals surface area contributed by atoms with Gasteiger partial charge in [0, 0.05) is 12.8 Å². The first-order chi connectivity index (χ1) is 9.10. The van der Waals surface area contributed by atoms with Gasteiger partial charge in [0.1, 0.15) is 5.41 Å². The minimum Gasteiger partial charge on any atom is -0.465 e. The predicted octanol–water partition coefficient (Wildman–Crippen LogP) is 3.94. The number of hydrogen-bond acceptors (Lipinski definition) is 2. The summed E-state index contributed by atoms with van der Waals surface area (Å²) in [5.74, 6) is 11.7. The highest BCUT2D eigenvalue weighted by atomic mass is 16.5. The molecule has 106 valence electrons. The van der Waals surface area contributed by atoms with Crippen LogP contribution in [0.25, 0.3) is 0 Å². The maximum atomic E-state index is 11.9. The number of ether oxygens (including phenoxy) is 1. The van der Waals surface area contributed by atoms with Gasteiger partial charge in [-0.2, -0.15) is 0 Å². The molecule has 0 bridgehead atoms. The van der Waals surface area contributed by atoms with Crippen LogP contribution < -0.4 is 0 Å². The maximum Gasteiger partial charge on any atom is 0.324 e. The lowest BCUT2D eigenvalue weighted by Crippen LogP contribution is -2.28. The Morgan fingerprint density at radius 1 is 1.16 bits per heavy atom. The van der Waals surface area contributed by atoms with E-state index in [4.69, 9.17) is 4.74 Å². The number of esters is 1. The fourth-order valence-electron chi connectivity index (χ4n) is 1.62. The van der Waals surface area contributed by atoms with Crippen LogP contribution in [0.4, 0.5) is 0 Å². The molecule has 0 radical (unpaired) electrons. The highest BCUT2D eigenvalue weighted by molar-refractivity contribution is 5.80. The second-order valence-electron chi connectivity index (χ2n) is 4.77. The van der Waals surface area contributed by atoms with E-state index in [1.54, 1.807) is 6.92 Å². The summed E-state index contributed by atoms with van der Waals surface area (Å²) in [5, 5.41) is 0. The Labute approximate surface area is 118 Å². The second-order valence-corrected chi connectivity index (χ2v) is 4.77. The molecule has 2 heteroatoms. The molecule has 0 saturated heterocycles. The molecule has 0 rings (SSSR count). The van der Waals surface area contributed by atoms with E-state index in [-0.39, 0.29) is 5.97 Å². The molecule has 0 aliphatic carbocycles. The lowest BCUT2D eigenvalue weighted by molar-refractivity contribution is -0.150. The quantitative estimate of drug-likeness (QED) is 0.394. The highest BCUT2D eigenvalue weighted by Gasteiger charge is 2.31. The molecular formula is C17H26O2. The van der Waals surface area contributed by atoms with Crippen LogP contribution in [0.1, 0.15) is 66.2 Å². The van der Waals surface area contributed by atoms with Crippen molar-refractivity contribution < 1.29 is 9.53 Å². The predicted molar refractivity (Wildman–Crippen MR) is 79.3 cm³/mol. The highest BCUT2D eigenvalue weighted by Crippen LogP contribution is 2.22. The van der Waals surface area contributed by atoms with Gasteiger partial charge in [-0.3, -0.25) is 4.79 Å². The van der Waals surface area contributed by atoms with Gasteiger partial charge in [-0.15, -0.1) is 17.8 Å². The standard InChI is InChI=1S/C17H26O2/c1-5-8-10-11-12-13-15-17(4,14-9-6-2)16(18)19-7-3/h5,7-8,10-12,14H2,1-4H3. The zero-order valence-electron chi connectivity index (χ0n) is 12.8. The molecule has 0 N–H and O–H groups in total. The molecule has 1 atom stereocenters. The van der Waals surface area contributed by atoms with Gasteiger partial charge in [-0.05, 0) is 27.2 Å². The number of unbranched alkanes of at least 4 members (excludes halogenated alkanes) is 4. The SMILES string of the molecule is CC#CCC(C)(C#CCCCCCC)C(=O)OCC. The molecule has 0 spiro atoms. The van der Waals surface area contributed by atoms with Crippen molar-refractivity contribution in [2.45, 2.75) is 66.2 Å². The third-order valence-corrected chi connectivity index (χ3v) is 2.86. The van der Waals surface area contributed by atoms with Crippen molar-refractivity contribution in [1.82, 2.24) is 0 Å². The number of carbonyl (C=O) groups excluding carboxylic acids is 1. The molecule has 0 heterocycles. The molecule has 0 aromatic rings. The summed E-state index contributed by atoms with van der Waals surface area (Å²) in [6, 6.07) is 0. The molecule has 0 saturated carbocycles. The molecule has 0 aromatic carbocycles. The lowest BCUT2D eigenvalue weighted by Gasteiger charge is -2.18. The Bertz CT molecular complexity index is 376. The van der Waals surface area contributed by atoms with Crippen molar-refractivity contribution in [2.75, 3.05) is 6.61 Å². The smallest absolute Gasteiger partial charge is 0.324 e. The second kappa shape index (κ2) is 10.5. The van der Waals surface area contributed by atoms with Crippen LogP contribution in [0, 0.1) is 29.1 Å². The largest absolute Gasteiger partial charge is 0.465 e. The van der Waals surface area contributed by atoms with Crippen molar-refractivity contribution in [1.29, 1.82) is 0 Å². The summed E-state index contributed by atoms with van der Waals surface area (Å²) in [6.45, 7) is 7.96. The monoisotopic (exact) mass is 262 g/mol. The zero-order valence-corrected chi connectivity index (χ0v) is 12.8. The topological polar surface area (TPSA) is 26.3 Å². The molecule has 1 unspecified atom stereocenters. The minimum absolute atomic E-state index is 0.265. The van der Waals surface area contributed by atoms with Gasteiger partial charge in [-0.1, -0.05) is 32.1 Å². The van der Waals surface area contributed by atoms with E-state index < -0.39 is 5.41 Å². The van der Waals surface area contributed by atoms with Crippen LogP contribution in [0.3, 0.4) is 0 Å². The molecular weight excluding hydrogens is 236 g/mol. The molecule has 0 fully saturated rings. The van der Waals surface area contributed by atoms with Gasteiger partial charge in [0.15, 0.2) is 0 Å². The van der Waals surface area contributed by atoms with Crippen molar-refractivity contribution in [3.05, 3.63) is 0 Å². The van der Waals surface area contributed by atoms with Crippen LogP contribution in [-0.4, -0.2) is 12.6 Å². The van der Waals surface area contributed by atoms with E-state index >= 15 is 0 Å². The normalized spacial score (nSPS) is 12.4. The molecule has 2 nitrogen and oxygen atoms in total. The van der Waals surface area contributed by atoms with Crippen molar-refractivity contribution in [2.24, 2.45) is 5.41 Å². The third-order valence-electron chi connectivity index (χ3n) is 2.86. The Balaban J connectivity index is 4.52. The van der Waals surface area contributed by atoms with Gasteiger partial charge in [0.25, 0.3) is 0 Å². The Morgan fingerprint density at radius 3 is 2.47 bits per heavy atom. The maximum absolute atomic E-state index is 11.9. The fraction of sp³-hybridized carbons (Fsp3) is 0.706. The van der Waals surface area contributed by atoms with Gasteiger partial charge < -0.3 is 4.74 Å². The van der Waals surface area contributed by atoms with Gasteiger partial charge in [0.05, 0.1) is 6.61 Å². The molecule has 0 aromatic heterocycles. The van der Waals surface area contributed by atoms with Gasteiger partial charge in [-0.25, -0.2) is 0 Å². The van der Waals surface area contributed by atoms with Crippen LogP contribution in [-0.2, 0) is 9.53 Å². The van der Waals surface area contributed by atoms with E-state index in [0.717, 1.165) is 12.8 Å². The number of hydrogen-bond donors (Lipinski definition) is 0. The summed E-state index contributed by atoms with van der Waals surface area (Å²) >= 11 is 0. The first kappa shape index (κ1) is 17.6. The Morgan fingerprint density at radius 2 is 1.89 bits per heavy atom. The van der Waals surface area contributed by atoms with E-state index in [0.29, 0.717) is 13.0 Å².